The highest BCUT2D eigenvalue weighted by molar-refractivity contribution is 6.30. The fourth-order valence-electron chi connectivity index (χ4n) is 2.22. The van der Waals surface area contributed by atoms with Gasteiger partial charge in [-0.3, -0.25) is 4.68 Å². The van der Waals surface area contributed by atoms with Crippen LogP contribution in [0.3, 0.4) is 0 Å². The molecule has 0 spiro atoms. The number of aliphatic hydroxyl groups is 1. The molecule has 0 saturated heterocycles. The third-order valence-corrected chi connectivity index (χ3v) is 3.82. The number of benzene rings is 1. The van der Waals surface area contributed by atoms with Gasteiger partial charge in [0.25, 0.3) is 0 Å². The Morgan fingerprint density at radius 3 is 2.50 bits per heavy atom. The van der Waals surface area contributed by atoms with Crippen LogP contribution in [-0.2, 0) is 24.8 Å². The molecule has 108 valence electrons. The summed E-state index contributed by atoms with van der Waals surface area (Å²) < 4.78 is 6.69. The normalized spacial score (nSPS) is 12.7. The number of methoxy groups -OCH3 is 1. The summed E-state index contributed by atoms with van der Waals surface area (Å²) in [5, 5.41) is 15.2. The topological polar surface area (TPSA) is 47.3 Å². The fourth-order valence-corrected chi connectivity index (χ4v) is 2.47. The number of aliphatic hydroxyl groups excluding tert-OH is 1. The van der Waals surface area contributed by atoms with E-state index >= 15 is 0 Å². The minimum Gasteiger partial charge on any atom is -0.388 e. The van der Waals surface area contributed by atoms with Crippen molar-refractivity contribution in [2.24, 2.45) is 7.05 Å². The highest BCUT2D eigenvalue weighted by atomic mass is 35.5. The van der Waals surface area contributed by atoms with Crippen LogP contribution in [0.15, 0.2) is 24.3 Å². The Bertz CT molecular complexity index is 578. The second-order valence-electron chi connectivity index (χ2n) is 4.87. The van der Waals surface area contributed by atoms with Crippen LogP contribution in [0.2, 0.25) is 5.15 Å². The minimum absolute atomic E-state index is 0.460. The first-order valence-corrected chi connectivity index (χ1v) is 6.84. The largest absolute Gasteiger partial charge is 0.388 e. The lowest BCUT2D eigenvalue weighted by molar-refractivity contribution is 0.177. The molecular formula is C15H19ClN2O2. The van der Waals surface area contributed by atoms with Gasteiger partial charge in [0.15, 0.2) is 0 Å². The molecule has 1 atom stereocenters. The second-order valence-corrected chi connectivity index (χ2v) is 5.23. The van der Waals surface area contributed by atoms with Gasteiger partial charge in [-0.05, 0) is 18.1 Å². The summed E-state index contributed by atoms with van der Waals surface area (Å²) in [5.74, 6) is 0. The number of hydrogen-bond acceptors (Lipinski definition) is 3. The summed E-state index contributed by atoms with van der Waals surface area (Å²) in [6.07, 6.45) is -0.130. The van der Waals surface area contributed by atoms with Crippen LogP contribution in [0, 0.1) is 6.92 Å². The van der Waals surface area contributed by atoms with E-state index in [0.717, 1.165) is 22.4 Å². The van der Waals surface area contributed by atoms with Gasteiger partial charge in [0, 0.05) is 26.1 Å². The number of rotatable bonds is 5. The first-order chi connectivity index (χ1) is 9.52. The molecule has 2 aromatic rings. The first-order valence-electron chi connectivity index (χ1n) is 6.46. The average Bonchev–Trinajstić information content (AvgIpc) is 2.66. The smallest absolute Gasteiger partial charge is 0.130 e. The van der Waals surface area contributed by atoms with E-state index in [1.807, 2.05) is 31.2 Å². The van der Waals surface area contributed by atoms with Crippen molar-refractivity contribution >= 4 is 11.6 Å². The van der Waals surface area contributed by atoms with Gasteiger partial charge in [-0.15, -0.1) is 0 Å². The van der Waals surface area contributed by atoms with E-state index in [1.54, 1.807) is 18.8 Å². The van der Waals surface area contributed by atoms with Gasteiger partial charge in [0.2, 0.25) is 0 Å². The van der Waals surface area contributed by atoms with Gasteiger partial charge < -0.3 is 9.84 Å². The summed E-state index contributed by atoms with van der Waals surface area (Å²) in [4.78, 5) is 0. The molecule has 0 radical (unpaired) electrons. The number of aryl methyl sites for hydroxylation is 2. The average molecular weight is 295 g/mol. The molecule has 1 unspecified atom stereocenters. The molecule has 1 N–H and O–H groups in total. The van der Waals surface area contributed by atoms with E-state index in [-0.39, 0.29) is 0 Å². The molecule has 0 aliphatic heterocycles. The molecule has 20 heavy (non-hydrogen) atoms. The molecule has 0 amide bonds. The maximum absolute atomic E-state index is 10.3. The lowest BCUT2D eigenvalue weighted by atomic mass is 10.0. The molecule has 0 fully saturated rings. The summed E-state index contributed by atoms with van der Waals surface area (Å²) in [6.45, 7) is 2.47. The van der Waals surface area contributed by atoms with E-state index in [2.05, 4.69) is 5.10 Å². The molecule has 5 heteroatoms. The number of halogens is 1. The molecule has 0 saturated carbocycles. The van der Waals surface area contributed by atoms with Gasteiger partial charge in [0.1, 0.15) is 5.15 Å². The second kappa shape index (κ2) is 6.39. The number of hydrogen-bond donors (Lipinski definition) is 1. The van der Waals surface area contributed by atoms with Gasteiger partial charge in [-0.25, -0.2) is 0 Å². The Morgan fingerprint density at radius 2 is 2.00 bits per heavy atom. The Hall–Kier alpha value is -1.36. The molecule has 1 aromatic heterocycles. The molecule has 4 nitrogen and oxygen atoms in total. The quantitative estimate of drug-likeness (QED) is 0.922. The Kier molecular flexibility index (Phi) is 4.81. The van der Waals surface area contributed by atoms with Crippen LogP contribution >= 0.6 is 11.6 Å². The highest BCUT2D eigenvalue weighted by Crippen LogP contribution is 2.25. The maximum atomic E-state index is 10.3. The molecule has 0 bridgehead atoms. The van der Waals surface area contributed by atoms with E-state index in [0.29, 0.717) is 18.2 Å². The van der Waals surface area contributed by atoms with Gasteiger partial charge in [0.05, 0.1) is 18.4 Å². The van der Waals surface area contributed by atoms with Crippen molar-refractivity contribution in [2.45, 2.75) is 26.1 Å². The van der Waals surface area contributed by atoms with Crippen molar-refractivity contribution in [3.05, 3.63) is 51.8 Å². The van der Waals surface area contributed by atoms with Crippen molar-refractivity contribution in [1.82, 2.24) is 9.78 Å². The van der Waals surface area contributed by atoms with Crippen LogP contribution in [0.25, 0.3) is 0 Å². The third-order valence-electron chi connectivity index (χ3n) is 3.34. The van der Waals surface area contributed by atoms with Gasteiger partial charge in [-0.2, -0.15) is 5.10 Å². The highest BCUT2D eigenvalue weighted by Gasteiger charge is 2.16. The fraction of sp³-hybridized carbons (Fsp3) is 0.400. The van der Waals surface area contributed by atoms with E-state index in [4.69, 9.17) is 16.3 Å². The van der Waals surface area contributed by atoms with Crippen LogP contribution in [-0.4, -0.2) is 22.0 Å². The van der Waals surface area contributed by atoms with Crippen LogP contribution in [0.1, 0.15) is 28.5 Å². The van der Waals surface area contributed by atoms with Gasteiger partial charge >= 0.3 is 0 Å². The van der Waals surface area contributed by atoms with Crippen molar-refractivity contribution in [1.29, 1.82) is 0 Å². The zero-order chi connectivity index (χ0) is 14.7. The standard InChI is InChI=1S/C15H19ClN2O2/c1-10-13(15(16)18(2)17-10)8-14(19)12-6-4-11(5-7-12)9-20-3/h4-7,14,19H,8-9H2,1-3H3. The third kappa shape index (κ3) is 3.20. The maximum Gasteiger partial charge on any atom is 0.130 e. The molecule has 0 aliphatic rings. The van der Waals surface area contributed by atoms with Crippen molar-refractivity contribution < 1.29 is 9.84 Å². The zero-order valence-electron chi connectivity index (χ0n) is 11.9. The Balaban J connectivity index is 2.13. The minimum atomic E-state index is -0.591. The zero-order valence-corrected chi connectivity index (χ0v) is 12.7. The van der Waals surface area contributed by atoms with Crippen LogP contribution in [0.4, 0.5) is 0 Å². The lowest BCUT2D eigenvalue weighted by Gasteiger charge is -2.11. The van der Waals surface area contributed by atoms with E-state index < -0.39 is 6.10 Å². The van der Waals surface area contributed by atoms with E-state index in [1.165, 1.54) is 0 Å². The van der Waals surface area contributed by atoms with Gasteiger partial charge in [-0.1, -0.05) is 35.9 Å². The monoisotopic (exact) mass is 294 g/mol. The summed E-state index contributed by atoms with van der Waals surface area (Å²) >= 11 is 6.18. The Labute approximate surface area is 123 Å². The molecule has 2 rings (SSSR count). The number of aromatic nitrogens is 2. The molecule has 1 aromatic carbocycles. The number of ether oxygens (including phenoxy) is 1. The van der Waals surface area contributed by atoms with Crippen molar-refractivity contribution in [3.8, 4) is 0 Å². The Morgan fingerprint density at radius 1 is 1.35 bits per heavy atom. The van der Waals surface area contributed by atoms with Crippen LogP contribution in [0.5, 0.6) is 0 Å². The lowest BCUT2D eigenvalue weighted by Crippen LogP contribution is -2.03. The predicted molar refractivity (Wildman–Crippen MR) is 78.8 cm³/mol. The van der Waals surface area contributed by atoms with Crippen molar-refractivity contribution in [2.75, 3.05) is 7.11 Å². The summed E-state index contributed by atoms with van der Waals surface area (Å²) in [7, 11) is 3.46. The SMILES string of the molecule is COCc1ccc(C(O)Cc2c(C)nn(C)c2Cl)cc1. The molecule has 1 heterocycles. The van der Waals surface area contributed by atoms with Crippen LogP contribution < -0.4 is 0 Å². The summed E-state index contributed by atoms with van der Waals surface area (Å²) in [5.41, 5.74) is 3.69. The van der Waals surface area contributed by atoms with Crippen molar-refractivity contribution in [3.63, 3.8) is 0 Å². The summed E-state index contributed by atoms with van der Waals surface area (Å²) in [6, 6.07) is 7.75. The molecule has 0 aliphatic carbocycles. The number of nitrogens with zero attached hydrogens (tertiary/aromatic N) is 2. The van der Waals surface area contributed by atoms with E-state index in [9.17, 15) is 5.11 Å². The first kappa shape index (κ1) is 15.0. The molecular weight excluding hydrogens is 276 g/mol. The predicted octanol–water partition coefficient (Wildman–Crippen LogP) is 2.80.